The van der Waals surface area contributed by atoms with Crippen molar-refractivity contribution in [2.75, 3.05) is 0 Å². The first-order valence-corrected chi connectivity index (χ1v) is 6.84. The van der Waals surface area contributed by atoms with Crippen LogP contribution in [0.4, 0.5) is 5.69 Å². The lowest BCUT2D eigenvalue weighted by atomic mass is 10.0. The highest BCUT2D eigenvalue weighted by Crippen LogP contribution is 2.30. The fourth-order valence-electron chi connectivity index (χ4n) is 1.97. The van der Waals surface area contributed by atoms with Gasteiger partial charge in [0.25, 0.3) is 12.2 Å². The summed E-state index contributed by atoms with van der Waals surface area (Å²) in [6, 6.07) is 7.67. The van der Waals surface area contributed by atoms with Crippen LogP contribution >= 0.6 is 0 Å². The lowest BCUT2D eigenvalue weighted by Crippen LogP contribution is -2.22. The van der Waals surface area contributed by atoms with Crippen LogP contribution in [-0.2, 0) is 15.1 Å². The zero-order valence-electron chi connectivity index (χ0n) is 13.0. The largest absolute Gasteiger partial charge is 0.457 e. The van der Waals surface area contributed by atoms with Crippen molar-refractivity contribution in [2.45, 2.75) is 26.4 Å². The Labute approximate surface area is 133 Å². The molecule has 0 atom stereocenters. The van der Waals surface area contributed by atoms with Crippen LogP contribution in [0.25, 0.3) is 0 Å². The maximum absolute atomic E-state index is 10.8. The lowest BCUT2D eigenvalue weighted by Gasteiger charge is -2.22. The Morgan fingerprint density at radius 1 is 1.26 bits per heavy atom. The minimum absolute atomic E-state index is 0.00536. The van der Waals surface area contributed by atoms with Crippen LogP contribution < -0.4 is 4.74 Å². The van der Waals surface area contributed by atoms with E-state index in [-0.39, 0.29) is 5.69 Å². The van der Waals surface area contributed by atoms with Gasteiger partial charge in [-0.15, -0.1) is 0 Å². The zero-order valence-corrected chi connectivity index (χ0v) is 13.0. The van der Waals surface area contributed by atoms with Crippen LogP contribution in [0.3, 0.4) is 0 Å². The summed E-state index contributed by atoms with van der Waals surface area (Å²) in [5.74, 6) is 0.997. The first-order chi connectivity index (χ1) is 10.8. The maximum atomic E-state index is 10.8. The van der Waals surface area contributed by atoms with E-state index in [2.05, 4.69) is 4.98 Å². The number of nitrogens with zero attached hydrogens (tertiary/aromatic N) is 2. The van der Waals surface area contributed by atoms with Gasteiger partial charge in [-0.3, -0.25) is 19.9 Å². The molecule has 1 aromatic heterocycles. The summed E-state index contributed by atoms with van der Waals surface area (Å²) in [5.41, 5.74) is 0.291. The number of non-ortho nitro benzene ring substituents is 1. The second-order valence-electron chi connectivity index (χ2n) is 5.41. The van der Waals surface area contributed by atoms with E-state index in [0.29, 0.717) is 29.2 Å². The van der Waals surface area contributed by atoms with Crippen molar-refractivity contribution in [3.05, 3.63) is 57.9 Å². The van der Waals surface area contributed by atoms with Gasteiger partial charge in [-0.1, -0.05) is 0 Å². The number of benzene rings is 1. The second kappa shape index (κ2) is 6.43. The molecular formula is C16H16N2O5. The number of hydrogen-bond acceptors (Lipinski definition) is 6. The summed E-state index contributed by atoms with van der Waals surface area (Å²) in [5, 5.41) is 10.8. The molecule has 0 saturated heterocycles. The van der Waals surface area contributed by atoms with Gasteiger partial charge in [0.2, 0.25) is 0 Å². The molecule has 0 fully saturated rings. The molecule has 0 spiro atoms. The topological polar surface area (TPSA) is 91.6 Å². The predicted octanol–water partition coefficient (Wildman–Crippen LogP) is 3.50. The van der Waals surface area contributed by atoms with Gasteiger partial charge in [0.1, 0.15) is 17.1 Å². The Hall–Kier alpha value is -2.96. The third-order valence-electron chi connectivity index (χ3n) is 3.29. The monoisotopic (exact) mass is 316 g/mol. The van der Waals surface area contributed by atoms with Gasteiger partial charge in [0.05, 0.1) is 10.6 Å². The van der Waals surface area contributed by atoms with Crippen molar-refractivity contribution in [1.29, 1.82) is 0 Å². The number of ether oxygens (including phenoxy) is 2. The van der Waals surface area contributed by atoms with Crippen molar-refractivity contribution in [3.8, 4) is 11.5 Å². The highest BCUT2D eigenvalue weighted by atomic mass is 16.6. The number of nitro groups is 1. The van der Waals surface area contributed by atoms with Crippen molar-refractivity contribution in [1.82, 2.24) is 4.98 Å². The molecule has 0 aliphatic rings. The van der Waals surface area contributed by atoms with Gasteiger partial charge in [-0.2, -0.15) is 0 Å². The fourth-order valence-corrected chi connectivity index (χ4v) is 1.97. The number of carbonyl (C=O) groups excluding carboxylic acids is 1. The van der Waals surface area contributed by atoms with E-state index in [4.69, 9.17) is 9.47 Å². The molecule has 0 bridgehead atoms. The van der Waals surface area contributed by atoms with E-state index < -0.39 is 10.5 Å². The summed E-state index contributed by atoms with van der Waals surface area (Å²) < 4.78 is 10.8. The molecule has 0 aliphatic heterocycles. The van der Waals surface area contributed by atoms with E-state index >= 15 is 0 Å². The summed E-state index contributed by atoms with van der Waals surface area (Å²) in [6.45, 7) is 5.52. The molecule has 120 valence electrons. The Kier molecular flexibility index (Phi) is 4.59. The first-order valence-electron chi connectivity index (χ1n) is 6.84. The predicted molar refractivity (Wildman–Crippen MR) is 82.3 cm³/mol. The van der Waals surface area contributed by atoms with Gasteiger partial charge >= 0.3 is 0 Å². The normalized spacial score (nSPS) is 10.9. The second-order valence-corrected chi connectivity index (χ2v) is 5.41. The number of nitro benzene ring substituents is 1. The van der Waals surface area contributed by atoms with E-state index in [1.807, 2.05) is 0 Å². The standard InChI is InChI=1S/C16H16N2O5/c1-11-8-12(18(20)21)4-5-14(11)23-13-6-7-17-15(9-13)16(2,3)22-10-19/h4-10H,1-3H3. The number of aryl methyl sites for hydroxylation is 1. The van der Waals surface area contributed by atoms with Crippen LogP contribution in [0.15, 0.2) is 36.5 Å². The lowest BCUT2D eigenvalue weighted by molar-refractivity contribution is -0.384. The minimum Gasteiger partial charge on any atom is -0.457 e. The van der Waals surface area contributed by atoms with Crippen LogP contribution in [-0.4, -0.2) is 16.4 Å². The molecule has 2 aromatic rings. The van der Waals surface area contributed by atoms with E-state index in [1.165, 1.54) is 12.1 Å². The highest BCUT2D eigenvalue weighted by Gasteiger charge is 2.24. The Morgan fingerprint density at radius 2 is 2.00 bits per heavy atom. The summed E-state index contributed by atoms with van der Waals surface area (Å²) >= 11 is 0. The van der Waals surface area contributed by atoms with Crippen LogP contribution in [0.5, 0.6) is 11.5 Å². The molecule has 0 unspecified atom stereocenters. The maximum Gasteiger partial charge on any atom is 0.294 e. The van der Waals surface area contributed by atoms with E-state index in [0.717, 1.165) is 0 Å². The summed E-state index contributed by atoms with van der Waals surface area (Å²) in [6.07, 6.45) is 1.54. The molecule has 1 aromatic carbocycles. The molecule has 2 rings (SSSR count). The van der Waals surface area contributed by atoms with E-state index in [9.17, 15) is 14.9 Å². The van der Waals surface area contributed by atoms with Crippen molar-refractivity contribution in [3.63, 3.8) is 0 Å². The molecule has 0 saturated carbocycles. The third-order valence-corrected chi connectivity index (χ3v) is 3.29. The Balaban J connectivity index is 2.27. The molecule has 7 heteroatoms. The first kappa shape index (κ1) is 16.4. The molecule has 0 radical (unpaired) electrons. The molecule has 23 heavy (non-hydrogen) atoms. The molecule has 0 N–H and O–H groups in total. The van der Waals surface area contributed by atoms with Gasteiger partial charge in [-0.05, 0) is 38.5 Å². The Morgan fingerprint density at radius 3 is 2.61 bits per heavy atom. The van der Waals surface area contributed by atoms with Gasteiger partial charge in [-0.25, -0.2) is 0 Å². The van der Waals surface area contributed by atoms with Crippen LogP contribution in [0.2, 0.25) is 0 Å². The fraction of sp³-hybridized carbons (Fsp3) is 0.250. The van der Waals surface area contributed by atoms with Crippen molar-refractivity contribution < 1.29 is 19.2 Å². The smallest absolute Gasteiger partial charge is 0.294 e. The number of aromatic nitrogens is 1. The molecule has 0 amide bonds. The Bertz CT molecular complexity index is 743. The van der Waals surface area contributed by atoms with Gasteiger partial charge < -0.3 is 9.47 Å². The highest BCUT2D eigenvalue weighted by molar-refractivity contribution is 5.45. The summed E-state index contributed by atoms with van der Waals surface area (Å²) in [4.78, 5) is 25.0. The van der Waals surface area contributed by atoms with Crippen LogP contribution in [0, 0.1) is 17.0 Å². The van der Waals surface area contributed by atoms with Gasteiger partial charge in [0.15, 0.2) is 0 Å². The molecule has 0 aliphatic carbocycles. The number of hydrogen-bond donors (Lipinski definition) is 0. The summed E-state index contributed by atoms with van der Waals surface area (Å²) in [7, 11) is 0. The van der Waals surface area contributed by atoms with E-state index in [1.54, 1.807) is 45.2 Å². The van der Waals surface area contributed by atoms with Gasteiger partial charge in [0, 0.05) is 24.4 Å². The van der Waals surface area contributed by atoms with Crippen molar-refractivity contribution in [2.24, 2.45) is 0 Å². The molecule has 1 heterocycles. The molecular weight excluding hydrogens is 300 g/mol. The average molecular weight is 316 g/mol. The third kappa shape index (κ3) is 3.82. The van der Waals surface area contributed by atoms with Crippen molar-refractivity contribution >= 4 is 12.2 Å². The number of rotatable bonds is 6. The SMILES string of the molecule is Cc1cc([N+](=O)[O-])ccc1Oc1ccnc(C(C)(C)OC=O)c1. The quantitative estimate of drug-likeness (QED) is 0.460. The minimum atomic E-state index is -0.883. The number of carbonyl (C=O) groups is 1. The number of pyridine rings is 1. The zero-order chi connectivity index (χ0) is 17.0. The van der Waals surface area contributed by atoms with Crippen LogP contribution in [0.1, 0.15) is 25.1 Å². The molecule has 7 nitrogen and oxygen atoms in total. The average Bonchev–Trinajstić information content (AvgIpc) is 2.49.